The van der Waals surface area contributed by atoms with Gasteiger partial charge in [0.25, 0.3) is 5.91 Å². The van der Waals surface area contributed by atoms with Gasteiger partial charge in [-0.25, -0.2) is 0 Å². The Bertz CT molecular complexity index is 411. The fraction of sp³-hybridized carbons (Fsp3) is 0.533. The predicted molar refractivity (Wildman–Crippen MR) is 80.8 cm³/mol. The predicted octanol–water partition coefficient (Wildman–Crippen LogP) is 2.81. The van der Waals surface area contributed by atoms with E-state index in [0.717, 1.165) is 18.4 Å². The summed E-state index contributed by atoms with van der Waals surface area (Å²) in [5, 5.41) is 2.96. The lowest BCUT2D eigenvalue weighted by Gasteiger charge is -2.33. The number of amides is 1. The molecule has 0 heterocycles. The molecule has 3 nitrogen and oxygen atoms in total. The van der Waals surface area contributed by atoms with Gasteiger partial charge in [0.2, 0.25) is 0 Å². The van der Waals surface area contributed by atoms with Crippen LogP contribution in [0.3, 0.4) is 0 Å². The maximum absolute atomic E-state index is 12.0. The van der Waals surface area contributed by atoms with Crippen LogP contribution in [0.5, 0.6) is 0 Å². The van der Waals surface area contributed by atoms with Gasteiger partial charge in [0, 0.05) is 17.6 Å². The number of aryl methyl sites for hydroxylation is 1. The first-order chi connectivity index (χ1) is 8.59. The average Bonchev–Trinajstić information content (AvgIpc) is 2.38. The minimum atomic E-state index is -0.196. The summed E-state index contributed by atoms with van der Waals surface area (Å²) < 4.78 is 0. The number of nitrogens with one attached hydrogen (secondary N) is 1. The van der Waals surface area contributed by atoms with Crippen LogP contribution < -0.4 is 11.1 Å². The highest BCUT2D eigenvalue weighted by atomic mass is 35.5. The van der Waals surface area contributed by atoms with Gasteiger partial charge in [-0.3, -0.25) is 4.79 Å². The summed E-state index contributed by atoms with van der Waals surface area (Å²) >= 11 is 0. The van der Waals surface area contributed by atoms with Gasteiger partial charge in [-0.15, -0.1) is 12.4 Å². The van der Waals surface area contributed by atoms with E-state index in [0.29, 0.717) is 12.1 Å². The molecule has 0 unspecified atom stereocenters. The van der Waals surface area contributed by atoms with Crippen molar-refractivity contribution in [2.45, 2.75) is 44.6 Å². The third-order valence-electron chi connectivity index (χ3n) is 3.76. The molecule has 0 spiro atoms. The minimum absolute atomic E-state index is 0. The molecule has 0 aromatic heterocycles. The smallest absolute Gasteiger partial charge is 0.251 e. The third-order valence-corrected chi connectivity index (χ3v) is 3.76. The van der Waals surface area contributed by atoms with Crippen molar-refractivity contribution in [1.82, 2.24) is 5.32 Å². The molecule has 1 fully saturated rings. The highest BCUT2D eigenvalue weighted by Crippen LogP contribution is 2.25. The molecule has 1 aromatic carbocycles. The van der Waals surface area contributed by atoms with Crippen molar-refractivity contribution >= 4 is 18.3 Å². The van der Waals surface area contributed by atoms with E-state index in [4.69, 9.17) is 5.73 Å². The summed E-state index contributed by atoms with van der Waals surface area (Å²) in [6.07, 6.45) is 5.65. The standard InChI is InChI=1S/C15H22N2O.ClH/c1-12-5-7-13(8-6-12)14(18)17-11-15(16)9-3-2-4-10-15;/h5-8H,2-4,9-11,16H2,1H3,(H,17,18);1H. The van der Waals surface area contributed by atoms with Gasteiger partial charge < -0.3 is 11.1 Å². The van der Waals surface area contributed by atoms with Crippen molar-refractivity contribution < 1.29 is 4.79 Å². The lowest BCUT2D eigenvalue weighted by Crippen LogP contribution is -2.51. The summed E-state index contributed by atoms with van der Waals surface area (Å²) in [5.74, 6) is -0.0228. The Hall–Kier alpha value is -1.06. The van der Waals surface area contributed by atoms with Crippen LogP contribution in [0, 0.1) is 6.92 Å². The van der Waals surface area contributed by atoms with Gasteiger partial charge in [0.15, 0.2) is 0 Å². The summed E-state index contributed by atoms with van der Waals surface area (Å²) in [6.45, 7) is 2.60. The largest absolute Gasteiger partial charge is 0.350 e. The first-order valence-electron chi connectivity index (χ1n) is 6.73. The second-order valence-corrected chi connectivity index (χ2v) is 5.47. The van der Waals surface area contributed by atoms with Crippen LogP contribution in [-0.2, 0) is 0 Å². The number of carbonyl (C=O) groups is 1. The van der Waals surface area contributed by atoms with Crippen LogP contribution in [0.25, 0.3) is 0 Å². The van der Waals surface area contributed by atoms with E-state index in [9.17, 15) is 4.79 Å². The number of hydrogen-bond acceptors (Lipinski definition) is 2. The zero-order valence-electron chi connectivity index (χ0n) is 11.4. The van der Waals surface area contributed by atoms with Crippen LogP contribution in [0.4, 0.5) is 0 Å². The van der Waals surface area contributed by atoms with Crippen molar-refractivity contribution in [2.75, 3.05) is 6.54 Å². The number of rotatable bonds is 3. The Balaban J connectivity index is 0.00000180. The number of halogens is 1. The van der Waals surface area contributed by atoms with Crippen molar-refractivity contribution in [3.05, 3.63) is 35.4 Å². The van der Waals surface area contributed by atoms with Gasteiger partial charge in [-0.1, -0.05) is 37.0 Å². The number of benzene rings is 1. The van der Waals surface area contributed by atoms with Crippen LogP contribution in [0.1, 0.15) is 48.0 Å². The Kier molecular flexibility index (Phi) is 5.83. The number of hydrogen-bond donors (Lipinski definition) is 2. The molecular formula is C15H23ClN2O. The van der Waals surface area contributed by atoms with E-state index in [1.165, 1.54) is 19.3 Å². The number of nitrogens with two attached hydrogens (primary N) is 1. The van der Waals surface area contributed by atoms with Gasteiger partial charge in [0.1, 0.15) is 0 Å². The second kappa shape index (κ2) is 6.92. The maximum atomic E-state index is 12.0. The lowest BCUT2D eigenvalue weighted by molar-refractivity contribution is 0.0937. The molecule has 0 saturated heterocycles. The molecule has 3 N–H and O–H groups in total. The Morgan fingerprint density at radius 2 is 1.79 bits per heavy atom. The van der Waals surface area contributed by atoms with Gasteiger partial charge in [0.05, 0.1) is 0 Å². The average molecular weight is 283 g/mol. The first kappa shape index (κ1) is 16.0. The van der Waals surface area contributed by atoms with E-state index in [-0.39, 0.29) is 23.9 Å². The molecule has 1 saturated carbocycles. The normalized spacial score (nSPS) is 17.4. The van der Waals surface area contributed by atoms with E-state index in [1.807, 2.05) is 31.2 Å². The van der Waals surface area contributed by atoms with Crippen LogP contribution >= 0.6 is 12.4 Å². The first-order valence-corrected chi connectivity index (χ1v) is 6.73. The molecule has 106 valence electrons. The van der Waals surface area contributed by atoms with Crippen LogP contribution in [-0.4, -0.2) is 18.0 Å². The third kappa shape index (κ3) is 4.51. The van der Waals surface area contributed by atoms with E-state index < -0.39 is 0 Å². The number of carbonyl (C=O) groups excluding carboxylic acids is 1. The molecule has 1 aromatic rings. The topological polar surface area (TPSA) is 55.1 Å². The molecule has 0 radical (unpaired) electrons. The van der Waals surface area contributed by atoms with Crippen molar-refractivity contribution in [1.29, 1.82) is 0 Å². The zero-order chi connectivity index (χ0) is 13.0. The maximum Gasteiger partial charge on any atom is 0.251 e. The molecule has 0 atom stereocenters. The van der Waals surface area contributed by atoms with Crippen molar-refractivity contribution in [3.63, 3.8) is 0 Å². The molecule has 4 heteroatoms. The van der Waals surface area contributed by atoms with Gasteiger partial charge in [-0.2, -0.15) is 0 Å². The molecule has 0 bridgehead atoms. The fourth-order valence-electron chi connectivity index (χ4n) is 2.50. The Morgan fingerprint density at radius 3 is 2.37 bits per heavy atom. The molecule has 2 rings (SSSR count). The Morgan fingerprint density at radius 1 is 1.21 bits per heavy atom. The van der Waals surface area contributed by atoms with Gasteiger partial charge >= 0.3 is 0 Å². The SMILES string of the molecule is Cc1ccc(C(=O)NCC2(N)CCCCC2)cc1.Cl. The van der Waals surface area contributed by atoms with Crippen molar-refractivity contribution in [3.8, 4) is 0 Å². The Labute approximate surface area is 121 Å². The fourth-order valence-corrected chi connectivity index (χ4v) is 2.50. The quantitative estimate of drug-likeness (QED) is 0.896. The van der Waals surface area contributed by atoms with Crippen LogP contribution in [0.2, 0.25) is 0 Å². The highest BCUT2D eigenvalue weighted by Gasteiger charge is 2.27. The molecule has 1 aliphatic carbocycles. The summed E-state index contributed by atoms with van der Waals surface area (Å²) in [7, 11) is 0. The van der Waals surface area contributed by atoms with E-state index >= 15 is 0 Å². The molecular weight excluding hydrogens is 260 g/mol. The summed E-state index contributed by atoms with van der Waals surface area (Å²) in [4.78, 5) is 12.0. The second-order valence-electron chi connectivity index (χ2n) is 5.47. The highest BCUT2D eigenvalue weighted by molar-refractivity contribution is 5.94. The van der Waals surface area contributed by atoms with Crippen LogP contribution in [0.15, 0.2) is 24.3 Å². The zero-order valence-corrected chi connectivity index (χ0v) is 12.3. The monoisotopic (exact) mass is 282 g/mol. The molecule has 19 heavy (non-hydrogen) atoms. The summed E-state index contributed by atoms with van der Waals surface area (Å²) in [5.41, 5.74) is 7.97. The van der Waals surface area contributed by atoms with E-state index in [2.05, 4.69) is 5.32 Å². The molecule has 1 aliphatic rings. The lowest BCUT2D eigenvalue weighted by atomic mass is 9.82. The van der Waals surface area contributed by atoms with Gasteiger partial charge in [-0.05, 0) is 31.9 Å². The molecule has 1 amide bonds. The summed E-state index contributed by atoms with van der Waals surface area (Å²) in [6, 6.07) is 7.62. The van der Waals surface area contributed by atoms with Crippen molar-refractivity contribution in [2.24, 2.45) is 5.73 Å². The minimum Gasteiger partial charge on any atom is -0.350 e. The molecule has 0 aliphatic heterocycles. The van der Waals surface area contributed by atoms with E-state index in [1.54, 1.807) is 0 Å².